The molecule has 1 aromatic carbocycles. The van der Waals surface area contributed by atoms with Gasteiger partial charge in [-0.2, -0.15) is 0 Å². The summed E-state index contributed by atoms with van der Waals surface area (Å²) in [5.41, 5.74) is 1.19. The molecule has 0 spiro atoms. The van der Waals surface area contributed by atoms with Crippen LogP contribution in [-0.4, -0.2) is 24.2 Å². The van der Waals surface area contributed by atoms with E-state index in [0.29, 0.717) is 11.3 Å². The normalized spacial score (nSPS) is 16.7. The van der Waals surface area contributed by atoms with E-state index in [2.05, 4.69) is 0 Å². The number of nitrogens with zero attached hydrogens (tertiary/aromatic N) is 1. The molecule has 1 saturated heterocycles. The Labute approximate surface area is 110 Å². The molecule has 0 amide bonds. The standard InChI is InChI=1S/C14H17F2NO2/c1-9(14(18)19)6-10-7-11(15)12(16)8-13(10)17-4-2-3-5-17/h7-9H,2-6H2,1H3,(H,18,19). The molecular formula is C14H17F2NO2. The van der Waals surface area contributed by atoms with Gasteiger partial charge in [0.2, 0.25) is 0 Å². The summed E-state index contributed by atoms with van der Waals surface area (Å²) >= 11 is 0. The summed E-state index contributed by atoms with van der Waals surface area (Å²) in [6, 6.07) is 2.31. The molecule has 1 heterocycles. The third kappa shape index (κ3) is 3.03. The lowest BCUT2D eigenvalue weighted by Gasteiger charge is -2.22. The van der Waals surface area contributed by atoms with Crippen LogP contribution in [0.4, 0.5) is 14.5 Å². The molecule has 1 fully saturated rings. The molecule has 104 valence electrons. The van der Waals surface area contributed by atoms with Crippen molar-refractivity contribution in [2.45, 2.75) is 26.2 Å². The van der Waals surface area contributed by atoms with Gasteiger partial charge in [0.05, 0.1) is 5.92 Å². The third-order valence-corrected chi connectivity index (χ3v) is 3.52. The van der Waals surface area contributed by atoms with Gasteiger partial charge in [-0.05, 0) is 30.9 Å². The van der Waals surface area contributed by atoms with Gasteiger partial charge in [-0.15, -0.1) is 0 Å². The fourth-order valence-electron chi connectivity index (χ4n) is 2.41. The second-order valence-corrected chi connectivity index (χ2v) is 5.03. The van der Waals surface area contributed by atoms with E-state index in [0.717, 1.165) is 32.0 Å². The lowest BCUT2D eigenvalue weighted by Crippen LogP contribution is -2.21. The lowest BCUT2D eigenvalue weighted by atomic mass is 9.99. The van der Waals surface area contributed by atoms with E-state index in [1.54, 1.807) is 6.92 Å². The molecule has 0 aliphatic carbocycles. The highest BCUT2D eigenvalue weighted by Gasteiger charge is 2.21. The first kappa shape index (κ1) is 13.8. The van der Waals surface area contributed by atoms with Crippen molar-refractivity contribution >= 4 is 11.7 Å². The first-order chi connectivity index (χ1) is 8.99. The molecule has 0 aromatic heterocycles. The van der Waals surface area contributed by atoms with Gasteiger partial charge < -0.3 is 10.0 Å². The number of carbonyl (C=O) groups is 1. The number of benzene rings is 1. The molecule has 0 saturated carbocycles. The van der Waals surface area contributed by atoms with Crippen LogP contribution < -0.4 is 4.90 Å². The van der Waals surface area contributed by atoms with Gasteiger partial charge in [0.15, 0.2) is 11.6 Å². The number of carboxylic acid groups (broad SMARTS) is 1. The van der Waals surface area contributed by atoms with Crippen LogP contribution >= 0.6 is 0 Å². The molecule has 1 aromatic rings. The van der Waals surface area contributed by atoms with Gasteiger partial charge in [-0.25, -0.2) is 8.78 Å². The maximum Gasteiger partial charge on any atom is 0.306 e. The monoisotopic (exact) mass is 269 g/mol. The van der Waals surface area contributed by atoms with Crippen LogP contribution in [0.25, 0.3) is 0 Å². The summed E-state index contributed by atoms with van der Waals surface area (Å²) in [4.78, 5) is 12.9. The smallest absolute Gasteiger partial charge is 0.306 e. The zero-order valence-electron chi connectivity index (χ0n) is 10.8. The topological polar surface area (TPSA) is 40.5 Å². The summed E-state index contributed by atoms with van der Waals surface area (Å²) in [6.07, 6.45) is 2.25. The van der Waals surface area contributed by atoms with Crippen molar-refractivity contribution in [1.82, 2.24) is 0 Å². The highest BCUT2D eigenvalue weighted by atomic mass is 19.2. The molecule has 1 atom stereocenters. The van der Waals surface area contributed by atoms with E-state index >= 15 is 0 Å². The quantitative estimate of drug-likeness (QED) is 0.913. The molecule has 1 aliphatic heterocycles. The second-order valence-electron chi connectivity index (χ2n) is 5.03. The van der Waals surface area contributed by atoms with Gasteiger partial charge in [-0.3, -0.25) is 4.79 Å². The van der Waals surface area contributed by atoms with Gasteiger partial charge >= 0.3 is 5.97 Å². The minimum Gasteiger partial charge on any atom is -0.481 e. The van der Waals surface area contributed by atoms with Gasteiger partial charge in [-0.1, -0.05) is 6.92 Å². The Morgan fingerprint density at radius 1 is 1.32 bits per heavy atom. The molecule has 1 N–H and O–H groups in total. The van der Waals surface area contributed by atoms with Crippen molar-refractivity contribution in [3.63, 3.8) is 0 Å². The van der Waals surface area contributed by atoms with Gasteiger partial charge in [0.25, 0.3) is 0 Å². The number of aliphatic carboxylic acids is 1. The maximum absolute atomic E-state index is 13.4. The summed E-state index contributed by atoms with van der Waals surface area (Å²) < 4.78 is 26.7. The molecule has 2 rings (SSSR count). The SMILES string of the molecule is CC(Cc1cc(F)c(F)cc1N1CCCC1)C(=O)O. The third-order valence-electron chi connectivity index (χ3n) is 3.52. The average Bonchev–Trinajstić information content (AvgIpc) is 2.86. The number of hydrogen-bond donors (Lipinski definition) is 1. The van der Waals surface area contributed by atoms with Crippen molar-refractivity contribution < 1.29 is 18.7 Å². The second kappa shape index (κ2) is 5.55. The van der Waals surface area contributed by atoms with Crippen LogP contribution in [0.1, 0.15) is 25.3 Å². The summed E-state index contributed by atoms with van der Waals surface area (Å²) in [7, 11) is 0. The molecule has 3 nitrogen and oxygen atoms in total. The molecule has 19 heavy (non-hydrogen) atoms. The van der Waals surface area contributed by atoms with Crippen molar-refractivity contribution in [3.05, 3.63) is 29.3 Å². The van der Waals surface area contributed by atoms with Crippen molar-refractivity contribution in [2.24, 2.45) is 5.92 Å². The highest BCUT2D eigenvalue weighted by molar-refractivity contribution is 5.70. The van der Waals surface area contributed by atoms with E-state index in [-0.39, 0.29) is 6.42 Å². The molecular weight excluding hydrogens is 252 g/mol. The molecule has 0 bridgehead atoms. The summed E-state index contributed by atoms with van der Waals surface area (Å²) in [6.45, 7) is 3.18. The van der Waals surface area contributed by atoms with Gasteiger partial charge in [0.1, 0.15) is 0 Å². The minimum atomic E-state index is -0.933. The Morgan fingerprint density at radius 3 is 2.47 bits per heavy atom. The summed E-state index contributed by atoms with van der Waals surface area (Å²) in [5.74, 6) is -3.35. The van der Waals surface area contributed by atoms with E-state index in [9.17, 15) is 13.6 Å². The van der Waals surface area contributed by atoms with E-state index in [4.69, 9.17) is 5.11 Å². The average molecular weight is 269 g/mol. The first-order valence-electron chi connectivity index (χ1n) is 6.44. The van der Waals surface area contributed by atoms with E-state index < -0.39 is 23.5 Å². The molecule has 1 unspecified atom stereocenters. The van der Waals surface area contributed by atoms with E-state index in [1.807, 2.05) is 4.90 Å². The predicted octanol–water partition coefficient (Wildman–Crippen LogP) is 2.83. The number of halogens is 2. The Hall–Kier alpha value is -1.65. The van der Waals surface area contributed by atoms with Crippen molar-refractivity contribution in [3.8, 4) is 0 Å². The maximum atomic E-state index is 13.4. The number of anilines is 1. The predicted molar refractivity (Wildman–Crippen MR) is 68.3 cm³/mol. The number of rotatable bonds is 4. The Bertz CT molecular complexity index is 485. The Morgan fingerprint density at radius 2 is 1.89 bits per heavy atom. The molecule has 1 aliphatic rings. The van der Waals surface area contributed by atoms with Crippen molar-refractivity contribution in [2.75, 3.05) is 18.0 Å². The highest BCUT2D eigenvalue weighted by Crippen LogP contribution is 2.29. The zero-order valence-corrected chi connectivity index (χ0v) is 10.8. The fourth-order valence-corrected chi connectivity index (χ4v) is 2.41. The number of hydrogen-bond acceptors (Lipinski definition) is 2. The van der Waals surface area contributed by atoms with Crippen LogP contribution in [0, 0.1) is 17.6 Å². The fraction of sp³-hybridized carbons (Fsp3) is 0.500. The molecule has 5 heteroatoms. The van der Waals surface area contributed by atoms with Crippen LogP contribution in [0.15, 0.2) is 12.1 Å². The van der Waals surface area contributed by atoms with Gasteiger partial charge in [0, 0.05) is 24.8 Å². The molecule has 0 radical (unpaired) electrons. The number of carboxylic acids is 1. The van der Waals surface area contributed by atoms with Crippen LogP contribution in [-0.2, 0) is 11.2 Å². The van der Waals surface area contributed by atoms with E-state index in [1.165, 1.54) is 6.07 Å². The summed E-state index contributed by atoms with van der Waals surface area (Å²) in [5, 5.41) is 8.94. The Balaban J connectivity index is 2.33. The first-order valence-corrected chi connectivity index (χ1v) is 6.44. The van der Waals surface area contributed by atoms with Crippen molar-refractivity contribution in [1.29, 1.82) is 0 Å². The Kier molecular flexibility index (Phi) is 4.02. The lowest BCUT2D eigenvalue weighted by molar-refractivity contribution is -0.141. The van der Waals surface area contributed by atoms with Crippen LogP contribution in [0.3, 0.4) is 0 Å². The van der Waals surface area contributed by atoms with Crippen LogP contribution in [0.2, 0.25) is 0 Å². The minimum absolute atomic E-state index is 0.207. The largest absolute Gasteiger partial charge is 0.481 e. The zero-order chi connectivity index (χ0) is 14.0. The van der Waals surface area contributed by atoms with Crippen LogP contribution in [0.5, 0.6) is 0 Å².